The van der Waals surface area contributed by atoms with Crippen molar-refractivity contribution in [1.29, 1.82) is 0 Å². The Kier molecular flexibility index (Phi) is 28.4. The highest BCUT2D eigenvalue weighted by Crippen LogP contribution is 2.32. The molecule has 0 amide bonds. The monoisotopic (exact) mass is 597 g/mol. The summed E-state index contributed by atoms with van der Waals surface area (Å²) >= 11 is 0. The molecule has 0 N–H and O–H groups in total. The maximum atomic E-state index is 13.6. The van der Waals surface area contributed by atoms with Crippen molar-refractivity contribution in [1.82, 2.24) is 0 Å². The van der Waals surface area contributed by atoms with Gasteiger partial charge in [0, 0.05) is 0 Å². The third kappa shape index (κ3) is 19.6. The second-order valence-electron chi connectivity index (χ2n) is 12.1. The molecule has 0 aromatic heterocycles. The number of unbranched alkanes of at least 4 members (excludes halogenated alkanes) is 20. The van der Waals surface area contributed by atoms with Gasteiger partial charge in [0.15, 0.2) is 0 Å². The van der Waals surface area contributed by atoms with E-state index in [1.165, 1.54) is 77.0 Å². The highest BCUT2D eigenvalue weighted by atomic mass is 16.6. The maximum absolute atomic E-state index is 13.6. The SMILES string of the molecule is CCCCCCCCCOC(=O)C(CCCCC)(C(=O)OCCCCCCCCC)C(=O)OCCCCCCCCC. The molecule has 0 saturated heterocycles. The molecule has 6 nitrogen and oxygen atoms in total. The van der Waals surface area contributed by atoms with Crippen molar-refractivity contribution in [3.05, 3.63) is 0 Å². The summed E-state index contributed by atoms with van der Waals surface area (Å²) in [6, 6.07) is 0. The molecule has 0 aliphatic rings. The molecule has 0 aromatic rings. The van der Waals surface area contributed by atoms with Gasteiger partial charge in [-0.1, -0.05) is 163 Å². The first-order chi connectivity index (χ1) is 20.5. The molecule has 0 unspecified atom stereocenters. The minimum absolute atomic E-state index is 0.0718. The number of carbonyl (C=O) groups is 3. The number of esters is 3. The summed E-state index contributed by atoms with van der Waals surface area (Å²) in [5, 5.41) is 0. The fourth-order valence-electron chi connectivity index (χ4n) is 5.24. The Labute approximate surface area is 259 Å². The summed E-state index contributed by atoms with van der Waals surface area (Å²) in [5.41, 5.74) is -2.03. The van der Waals surface area contributed by atoms with E-state index in [4.69, 9.17) is 14.2 Å². The van der Waals surface area contributed by atoms with Crippen molar-refractivity contribution in [3.63, 3.8) is 0 Å². The number of hydrogen-bond acceptors (Lipinski definition) is 6. The molecule has 6 heteroatoms. The Morgan fingerprint density at radius 3 is 0.881 bits per heavy atom. The molecule has 0 rings (SSSR count). The van der Waals surface area contributed by atoms with Crippen LogP contribution in [0.2, 0.25) is 0 Å². The fraction of sp³-hybridized carbons (Fsp3) is 0.917. The van der Waals surface area contributed by atoms with E-state index in [1.54, 1.807) is 0 Å². The van der Waals surface area contributed by atoms with Gasteiger partial charge in [-0.25, -0.2) is 0 Å². The first kappa shape index (κ1) is 40.4. The molecule has 248 valence electrons. The lowest BCUT2D eigenvalue weighted by Crippen LogP contribution is -2.49. The van der Waals surface area contributed by atoms with Gasteiger partial charge >= 0.3 is 17.9 Å². The van der Waals surface area contributed by atoms with Crippen LogP contribution in [0.1, 0.15) is 188 Å². The van der Waals surface area contributed by atoms with Gasteiger partial charge in [0.05, 0.1) is 19.8 Å². The standard InChI is InChI=1S/C36H68O6/c1-5-9-13-16-19-22-26-30-40-33(37)36(29-25-12-8-4,34(38)41-31-27-23-20-17-14-10-6-2)35(39)42-32-28-24-21-18-15-11-7-3/h5-32H2,1-4H3. The van der Waals surface area contributed by atoms with Crippen molar-refractivity contribution in [2.24, 2.45) is 5.41 Å². The smallest absolute Gasteiger partial charge is 0.335 e. The molecule has 0 fully saturated rings. The lowest BCUT2D eigenvalue weighted by atomic mass is 9.82. The zero-order valence-electron chi connectivity index (χ0n) is 28.2. The van der Waals surface area contributed by atoms with Gasteiger partial charge in [0.25, 0.3) is 5.41 Å². The van der Waals surface area contributed by atoms with Crippen molar-refractivity contribution in [3.8, 4) is 0 Å². The van der Waals surface area contributed by atoms with E-state index in [0.29, 0.717) is 6.42 Å². The van der Waals surface area contributed by atoms with Crippen LogP contribution in [0.3, 0.4) is 0 Å². The predicted octanol–water partition coefficient (Wildman–Crippen LogP) is 10.4. The number of rotatable bonds is 31. The molecule has 0 aliphatic heterocycles. The Balaban J connectivity index is 5.23. The molecule has 0 bridgehead atoms. The predicted molar refractivity (Wildman–Crippen MR) is 173 cm³/mol. The van der Waals surface area contributed by atoms with Crippen LogP contribution >= 0.6 is 0 Å². The second-order valence-corrected chi connectivity index (χ2v) is 12.1. The third-order valence-corrected chi connectivity index (χ3v) is 8.14. The largest absolute Gasteiger partial charge is 0.464 e. The highest BCUT2D eigenvalue weighted by Gasteiger charge is 2.57. The average molecular weight is 597 g/mol. The fourth-order valence-corrected chi connectivity index (χ4v) is 5.24. The van der Waals surface area contributed by atoms with Gasteiger partial charge in [0.1, 0.15) is 0 Å². The van der Waals surface area contributed by atoms with Crippen molar-refractivity contribution >= 4 is 17.9 Å². The van der Waals surface area contributed by atoms with Gasteiger partial charge in [-0.05, 0) is 25.7 Å². The quantitative estimate of drug-likeness (QED) is 0.0343. The first-order valence-electron chi connectivity index (χ1n) is 18.0. The maximum Gasteiger partial charge on any atom is 0.335 e. The molecular formula is C36H68O6. The van der Waals surface area contributed by atoms with Crippen molar-refractivity contribution < 1.29 is 28.6 Å². The zero-order chi connectivity index (χ0) is 31.2. The lowest BCUT2D eigenvalue weighted by Gasteiger charge is -2.27. The summed E-state index contributed by atoms with van der Waals surface area (Å²) in [7, 11) is 0. The number of hydrogen-bond donors (Lipinski definition) is 0. The van der Waals surface area contributed by atoms with Crippen molar-refractivity contribution in [2.75, 3.05) is 19.8 Å². The second kappa shape index (κ2) is 29.5. The van der Waals surface area contributed by atoms with E-state index < -0.39 is 23.3 Å². The van der Waals surface area contributed by atoms with Gasteiger partial charge in [-0.15, -0.1) is 0 Å². The van der Waals surface area contributed by atoms with Gasteiger partial charge in [-0.3, -0.25) is 14.4 Å². The van der Waals surface area contributed by atoms with Crippen LogP contribution in [-0.4, -0.2) is 37.7 Å². The zero-order valence-corrected chi connectivity index (χ0v) is 28.2. The Morgan fingerprint density at radius 1 is 0.357 bits per heavy atom. The van der Waals surface area contributed by atoms with E-state index >= 15 is 0 Å². The molecule has 42 heavy (non-hydrogen) atoms. The number of carbonyl (C=O) groups excluding carboxylic acids is 3. The topological polar surface area (TPSA) is 78.9 Å². The molecule has 0 saturated carbocycles. The van der Waals surface area contributed by atoms with E-state index in [-0.39, 0.29) is 26.2 Å². The molecule has 0 aliphatic carbocycles. The summed E-state index contributed by atoms with van der Waals surface area (Å²) in [5.74, 6) is -2.38. The van der Waals surface area contributed by atoms with E-state index in [9.17, 15) is 14.4 Å². The van der Waals surface area contributed by atoms with Crippen LogP contribution in [0.25, 0.3) is 0 Å². The van der Waals surface area contributed by atoms with Crippen LogP contribution in [0.4, 0.5) is 0 Å². The molecule has 0 radical (unpaired) electrons. The first-order valence-corrected chi connectivity index (χ1v) is 18.0. The Bertz CT molecular complexity index is 568. The minimum atomic E-state index is -2.03. The average Bonchev–Trinajstić information content (AvgIpc) is 2.99. The summed E-state index contributed by atoms with van der Waals surface area (Å²) in [4.78, 5) is 40.7. The van der Waals surface area contributed by atoms with Crippen LogP contribution in [-0.2, 0) is 28.6 Å². The molecule has 0 heterocycles. The molecule has 0 aromatic carbocycles. The minimum Gasteiger partial charge on any atom is -0.464 e. The van der Waals surface area contributed by atoms with Gasteiger partial charge < -0.3 is 14.2 Å². The van der Waals surface area contributed by atoms with E-state index in [2.05, 4.69) is 27.7 Å². The van der Waals surface area contributed by atoms with Crippen LogP contribution in [0, 0.1) is 5.41 Å². The third-order valence-electron chi connectivity index (χ3n) is 8.14. The van der Waals surface area contributed by atoms with Crippen molar-refractivity contribution in [2.45, 2.75) is 188 Å². The number of ether oxygens (including phenoxy) is 3. The Morgan fingerprint density at radius 2 is 0.595 bits per heavy atom. The van der Waals surface area contributed by atoms with Gasteiger partial charge in [-0.2, -0.15) is 0 Å². The molecule has 0 spiro atoms. The molecule has 0 atom stereocenters. The lowest BCUT2D eigenvalue weighted by molar-refractivity contribution is -0.185. The van der Waals surface area contributed by atoms with Crippen LogP contribution < -0.4 is 0 Å². The van der Waals surface area contributed by atoms with Gasteiger partial charge in [0.2, 0.25) is 0 Å². The van der Waals surface area contributed by atoms with Crippen LogP contribution in [0.15, 0.2) is 0 Å². The highest BCUT2D eigenvalue weighted by molar-refractivity contribution is 6.17. The summed E-state index contributed by atoms with van der Waals surface area (Å²) < 4.78 is 16.9. The summed E-state index contributed by atoms with van der Waals surface area (Å²) in [6.07, 6.45) is 25.3. The van der Waals surface area contributed by atoms with Crippen LogP contribution in [0.5, 0.6) is 0 Å². The summed E-state index contributed by atoms with van der Waals surface area (Å²) in [6.45, 7) is 9.27. The molecular weight excluding hydrogens is 528 g/mol. The normalized spacial score (nSPS) is 11.4. The van der Waals surface area contributed by atoms with E-state index in [0.717, 1.165) is 70.6 Å². The van der Waals surface area contributed by atoms with E-state index in [1.807, 2.05) is 0 Å². The Hall–Kier alpha value is -1.59.